The molecule has 5 nitrogen and oxygen atoms in total. The third-order valence-electron chi connectivity index (χ3n) is 4.93. The molecule has 2 heterocycles. The average molecular weight is 427 g/mol. The second kappa shape index (κ2) is 7.19. The maximum Gasteiger partial charge on any atom is 0.255 e. The number of rotatable bonds is 4. The largest absolute Gasteiger partial charge is 0.489 e. The lowest BCUT2D eigenvalue weighted by Gasteiger charge is -2.31. The van der Waals surface area contributed by atoms with E-state index in [1.165, 1.54) is 0 Å². The van der Waals surface area contributed by atoms with Gasteiger partial charge in [0, 0.05) is 21.3 Å². The summed E-state index contributed by atoms with van der Waals surface area (Å²) in [7, 11) is 0. The van der Waals surface area contributed by atoms with Crippen LogP contribution in [0, 0.1) is 0 Å². The second-order valence-corrected chi connectivity index (χ2v) is 7.70. The minimum Gasteiger partial charge on any atom is -0.489 e. The maximum absolute atomic E-state index is 12.9. The van der Waals surface area contributed by atoms with Crippen LogP contribution in [0.2, 0.25) is 0 Å². The molecule has 1 N–H and O–H groups in total. The van der Waals surface area contributed by atoms with Gasteiger partial charge in [-0.3, -0.25) is 9.59 Å². The fourth-order valence-corrected chi connectivity index (χ4v) is 4.01. The number of carbonyl (C=O) groups is 2. The first kappa shape index (κ1) is 17.8. The zero-order valence-electron chi connectivity index (χ0n) is 14.7. The minimum atomic E-state index is -0.465. The van der Waals surface area contributed by atoms with E-state index in [1.807, 2.05) is 36.4 Å². The summed E-state index contributed by atoms with van der Waals surface area (Å²) in [5.74, 6) is 0.401. The third-order valence-corrected chi connectivity index (χ3v) is 5.43. The molecule has 0 aromatic heterocycles. The van der Waals surface area contributed by atoms with Crippen molar-refractivity contribution in [2.75, 3.05) is 0 Å². The zero-order valence-corrected chi connectivity index (χ0v) is 16.3. The van der Waals surface area contributed by atoms with Crippen molar-refractivity contribution in [1.29, 1.82) is 0 Å². The van der Waals surface area contributed by atoms with E-state index in [9.17, 15) is 9.59 Å². The molecule has 2 aliphatic heterocycles. The molecular formula is C21H19BrN2O3. The molecule has 0 bridgehead atoms. The van der Waals surface area contributed by atoms with Crippen molar-refractivity contribution in [3.8, 4) is 5.75 Å². The standard InChI is InChI=1S/C21H19BrN2O3/c1-13-8-9-18(20(25)23-13)24-11-17-16(21(24)26)6-3-7-19(17)27-12-14-4-2-5-15(22)10-14/h2-7,10,18H,1,8-9,11-12H2,(H,23,25). The van der Waals surface area contributed by atoms with Crippen LogP contribution in [-0.4, -0.2) is 22.8 Å². The van der Waals surface area contributed by atoms with E-state index in [4.69, 9.17) is 4.74 Å². The first-order valence-electron chi connectivity index (χ1n) is 8.81. The van der Waals surface area contributed by atoms with Crippen LogP contribution >= 0.6 is 15.9 Å². The molecule has 2 aromatic carbocycles. The third kappa shape index (κ3) is 3.49. The molecule has 0 spiro atoms. The summed E-state index contributed by atoms with van der Waals surface area (Å²) < 4.78 is 7.00. The molecule has 2 aliphatic rings. The number of carbonyl (C=O) groups excluding carboxylic acids is 2. The number of nitrogens with one attached hydrogen (secondary N) is 1. The lowest BCUT2D eigenvalue weighted by atomic mass is 10.0. The van der Waals surface area contributed by atoms with E-state index < -0.39 is 6.04 Å². The average Bonchev–Trinajstić information content (AvgIpc) is 2.97. The van der Waals surface area contributed by atoms with Gasteiger partial charge in [-0.1, -0.05) is 40.7 Å². The summed E-state index contributed by atoms with van der Waals surface area (Å²) in [6.45, 7) is 4.59. The first-order valence-corrected chi connectivity index (χ1v) is 9.61. The van der Waals surface area contributed by atoms with Crippen molar-refractivity contribution in [2.45, 2.75) is 32.0 Å². The van der Waals surface area contributed by atoms with Gasteiger partial charge < -0.3 is 15.0 Å². The van der Waals surface area contributed by atoms with Gasteiger partial charge in [-0.05, 0) is 42.7 Å². The lowest BCUT2D eigenvalue weighted by Crippen LogP contribution is -2.49. The molecule has 138 valence electrons. The van der Waals surface area contributed by atoms with Crippen molar-refractivity contribution >= 4 is 27.7 Å². The second-order valence-electron chi connectivity index (χ2n) is 6.78. The van der Waals surface area contributed by atoms with Crippen LogP contribution in [0.15, 0.2) is 59.2 Å². The number of allylic oxidation sites excluding steroid dienone is 1. The van der Waals surface area contributed by atoms with Crippen LogP contribution in [0.1, 0.15) is 34.3 Å². The highest BCUT2D eigenvalue weighted by atomic mass is 79.9. The lowest BCUT2D eigenvalue weighted by molar-refractivity contribution is -0.126. The molecule has 1 atom stereocenters. The molecule has 0 saturated carbocycles. The summed E-state index contributed by atoms with van der Waals surface area (Å²) in [6, 6.07) is 12.9. The number of ether oxygens (including phenoxy) is 1. The minimum absolute atomic E-state index is 0.120. The Morgan fingerprint density at radius 1 is 1.22 bits per heavy atom. The number of nitrogens with zero attached hydrogens (tertiary/aromatic N) is 1. The Kier molecular flexibility index (Phi) is 4.74. The number of amides is 2. The molecule has 1 fully saturated rings. The predicted molar refractivity (Wildman–Crippen MR) is 105 cm³/mol. The molecule has 27 heavy (non-hydrogen) atoms. The summed E-state index contributed by atoms with van der Waals surface area (Å²) in [4.78, 5) is 26.8. The molecule has 0 aliphatic carbocycles. The number of hydrogen-bond acceptors (Lipinski definition) is 3. The topological polar surface area (TPSA) is 58.6 Å². The summed E-state index contributed by atoms with van der Waals surface area (Å²) >= 11 is 3.46. The highest BCUT2D eigenvalue weighted by Crippen LogP contribution is 2.34. The number of piperidine rings is 1. The number of benzene rings is 2. The van der Waals surface area contributed by atoms with Crippen molar-refractivity contribution < 1.29 is 14.3 Å². The molecule has 2 aromatic rings. The Labute approximate surface area is 166 Å². The quantitative estimate of drug-likeness (QED) is 0.808. The van der Waals surface area contributed by atoms with Gasteiger partial charge in [0.25, 0.3) is 5.91 Å². The van der Waals surface area contributed by atoms with Gasteiger partial charge in [-0.25, -0.2) is 0 Å². The molecule has 1 unspecified atom stereocenters. The summed E-state index contributed by atoms with van der Waals surface area (Å²) in [6.07, 6.45) is 1.28. The SMILES string of the molecule is C=C1CCC(N2Cc3c(OCc4cccc(Br)c4)cccc3C2=O)C(=O)N1. The molecular weight excluding hydrogens is 408 g/mol. The van der Waals surface area contributed by atoms with Gasteiger partial charge in [0.2, 0.25) is 5.91 Å². The highest BCUT2D eigenvalue weighted by molar-refractivity contribution is 9.10. The number of halogens is 1. The van der Waals surface area contributed by atoms with E-state index in [0.717, 1.165) is 15.6 Å². The van der Waals surface area contributed by atoms with Gasteiger partial charge >= 0.3 is 0 Å². The van der Waals surface area contributed by atoms with Gasteiger partial charge in [0.1, 0.15) is 18.4 Å². The van der Waals surface area contributed by atoms with Crippen LogP contribution < -0.4 is 10.1 Å². The van der Waals surface area contributed by atoms with E-state index in [1.54, 1.807) is 11.0 Å². The summed E-state index contributed by atoms with van der Waals surface area (Å²) in [5.41, 5.74) is 3.19. The predicted octanol–water partition coefficient (Wildman–Crippen LogP) is 3.78. The van der Waals surface area contributed by atoms with Gasteiger partial charge in [0.05, 0.1) is 6.54 Å². The molecule has 1 saturated heterocycles. The van der Waals surface area contributed by atoms with E-state index in [-0.39, 0.29) is 11.8 Å². The van der Waals surface area contributed by atoms with Crippen molar-refractivity contribution in [3.63, 3.8) is 0 Å². The van der Waals surface area contributed by atoms with Crippen molar-refractivity contribution in [3.05, 3.63) is 75.9 Å². The van der Waals surface area contributed by atoms with E-state index in [0.29, 0.717) is 43.0 Å². The number of fused-ring (bicyclic) bond motifs is 1. The normalized spacial score (nSPS) is 19.1. The van der Waals surface area contributed by atoms with Gasteiger partial charge in [0.15, 0.2) is 0 Å². The Morgan fingerprint density at radius 3 is 2.81 bits per heavy atom. The first-order chi connectivity index (χ1) is 13.0. The van der Waals surface area contributed by atoms with E-state index in [2.05, 4.69) is 27.8 Å². The van der Waals surface area contributed by atoms with Crippen molar-refractivity contribution in [2.24, 2.45) is 0 Å². The Morgan fingerprint density at radius 2 is 2.04 bits per heavy atom. The Balaban J connectivity index is 1.54. The van der Waals surface area contributed by atoms with Crippen LogP contribution in [0.25, 0.3) is 0 Å². The van der Waals surface area contributed by atoms with Crippen LogP contribution in [0.5, 0.6) is 5.75 Å². The highest BCUT2D eigenvalue weighted by Gasteiger charge is 2.39. The Bertz CT molecular complexity index is 941. The molecule has 2 amide bonds. The summed E-state index contributed by atoms with van der Waals surface area (Å²) in [5, 5.41) is 2.76. The number of hydrogen-bond donors (Lipinski definition) is 1. The van der Waals surface area contributed by atoms with Gasteiger partial charge in [-0.15, -0.1) is 0 Å². The van der Waals surface area contributed by atoms with Crippen LogP contribution in [-0.2, 0) is 17.9 Å². The monoisotopic (exact) mass is 426 g/mol. The maximum atomic E-state index is 12.9. The van der Waals surface area contributed by atoms with Gasteiger partial charge in [-0.2, -0.15) is 0 Å². The Hall–Kier alpha value is -2.60. The zero-order chi connectivity index (χ0) is 19.0. The van der Waals surface area contributed by atoms with E-state index >= 15 is 0 Å². The van der Waals surface area contributed by atoms with Crippen molar-refractivity contribution in [1.82, 2.24) is 10.2 Å². The molecule has 0 radical (unpaired) electrons. The fourth-order valence-electron chi connectivity index (χ4n) is 3.56. The fraction of sp³-hybridized carbons (Fsp3) is 0.238. The molecule has 6 heteroatoms. The smallest absolute Gasteiger partial charge is 0.255 e. The van der Waals surface area contributed by atoms with Crippen LogP contribution in [0.4, 0.5) is 0 Å². The van der Waals surface area contributed by atoms with Crippen LogP contribution in [0.3, 0.4) is 0 Å². The molecule has 4 rings (SSSR count).